The van der Waals surface area contributed by atoms with E-state index in [0.29, 0.717) is 0 Å². The zero-order valence-corrected chi connectivity index (χ0v) is 15.8. The fraction of sp³-hybridized carbons (Fsp3) is 0.609. The van der Waals surface area contributed by atoms with Crippen LogP contribution in [0.2, 0.25) is 0 Å². The van der Waals surface area contributed by atoms with Gasteiger partial charge in [-0.15, -0.1) is 0 Å². The smallest absolute Gasteiger partial charge is 0.217 e. The third kappa shape index (κ3) is 2.72. The van der Waals surface area contributed by atoms with Crippen LogP contribution in [0.5, 0.6) is 0 Å². The number of piperidine rings is 1. The molecule has 3 nitrogen and oxygen atoms in total. The van der Waals surface area contributed by atoms with Crippen molar-refractivity contribution in [2.45, 2.75) is 50.5 Å². The Hall–Kier alpha value is -1.61. The lowest BCUT2D eigenvalue weighted by atomic mass is 9.73. The van der Waals surface area contributed by atoms with E-state index in [2.05, 4.69) is 46.6 Å². The Labute approximate surface area is 156 Å². The quantitative estimate of drug-likeness (QED) is 0.841. The first-order valence-electron chi connectivity index (χ1n) is 10.4. The van der Waals surface area contributed by atoms with Gasteiger partial charge in [0, 0.05) is 18.9 Å². The molecule has 0 unspecified atom stereocenters. The highest BCUT2D eigenvalue weighted by Crippen LogP contribution is 2.51. The second-order valence-corrected chi connectivity index (χ2v) is 9.17. The Morgan fingerprint density at radius 1 is 1.19 bits per heavy atom. The molecule has 3 heteroatoms. The maximum atomic E-state index is 11.7. The Balaban J connectivity index is 1.28. The minimum Gasteiger partial charge on any atom is -0.349 e. The number of likely N-dealkylation sites (tertiary alicyclic amines) is 1. The molecule has 1 aromatic carbocycles. The van der Waals surface area contributed by atoms with Gasteiger partial charge >= 0.3 is 0 Å². The molecule has 1 aromatic rings. The van der Waals surface area contributed by atoms with E-state index < -0.39 is 0 Å². The predicted molar refractivity (Wildman–Crippen MR) is 104 cm³/mol. The zero-order chi connectivity index (χ0) is 17.7. The zero-order valence-electron chi connectivity index (χ0n) is 15.8. The number of allylic oxidation sites excluding steroid dienone is 2. The van der Waals surface area contributed by atoms with Crippen LogP contribution in [0.25, 0.3) is 0 Å². The third-order valence-electron chi connectivity index (χ3n) is 7.60. The van der Waals surface area contributed by atoms with Crippen molar-refractivity contribution in [3.05, 3.63) is 47.5 Å². The van der Waals surface area contributed by atoms with Gasteiger partial charge in [0.1, 0.15) is 0 Å². The summed E-state index contributed by atoms with van der Waals surface area (Å²) in [5.74, 6) is 2.71. The summed E-state index contributed by atoms with van der Waals surface area (Å²) in [6, 6.07) is 9.02. The van der Waals surface area contributed by atoms with Gasteiger partial charge in [-0.1, -0.05) is 36.4 Å². The summed E-state index contributed by atoms with van der Waals surface area (Å²) in [4.78, 5) is 14.4. The van der Waals surface area contributed by atoms with Gasteiger partial charge in [0.05, 0.1) is 6.04 Å². The second kappa shape index (κ2) is 6.23. The number of amides is 1. The molecule has 2 bridgehead atoms. The number of carbonyl (C=O) groups excluding carboxylic acids is 1. The molecule has 1 spiro atoms. The molecule has 1 saturated heterocycles. The van der Waals surface area contributed by atoms with Crippen molar-refractivity contribution < 1.29 is 4.79 Å². The van der Waals surface area contributed by atoms with Crippen molar-refractivity contribution >= 4 is 5.91 Å². The Morgan fingerprint density at radius 3 is 2.69 bits per heavy atom. The van der Waals surface area contributed by atoms with Crippen molar-refractivity contribution in [2.75, 3.05) is 19.6 Å². The molecule has 1 N–H and O–H groups in total. The average molecular weight is 351 g/mol. The van der Waals surface area contributed by atoms with Crippen molar-refractivity contribution in [1.82, 2.24) is 10.2 Å². The topological polar surface area (TPSA) is 32.3 Å². The van der Waals surface area contributed by atoms with E-state index in [1.165, 1.54) is 56.4 Å². The summed E-state index contributed by atoms with van der Waals surface area (Å²) in [6.07, 6.45) is 11.3. The number of rotatable bonds is 3. The van der Waals surface area contributed by atoms with E-state index in [1.54, 1.807) is 6.92 Å². The van der Waals surface area contributed by atoms with Gasteiger partial charge in [0.15, 0.2) is 0 Å². The number of hydrogen-bond acceptors (Lipinski definition) is 2. The van der Waals surface area contributed by atoms with Crippen LogP contribution < -0.4 is 5.32 Å². The number of benzene rings is 1. The second-order valence-electron chi connectivity index (χ2n) is 9.17. The Morgan fingerprint density at radius 2 is 2.00 bits per heavy atom. The first kappa shape index (κ1) is 16.6. The van der Waals surface area contributed by atoms with Crippen LogP contribution >= 0.6 is 0 Å². The summed E-state index contributed by atoms with van der Waals surface area (Å²) < 4.78 is 0. The SMILES string of the molecule is CC(=O)N[C@H]1CC2(CCN(C[C@@H]3C[C@H]4C=C[C@H]3C4)CC2)c2ccccc21. The number of hydrogen-bond donors (Lipinski definition) is 1. The van der Waals surface area contributed by atoms with Gasteiger partial charge in [0.25, 0.3) is 0 Å². The van der Waals surface area contributed by atoms with Crippen LogP contribution in [0, 0.1) is 17.8 Å². The van der Waals surface area contributed by atoms with Gasteiger partial charge in [0.2, 0.25) is 5.91 Å². The van der Waals surface area contributed by atoms with Gasteiger partial charge in [-0.3, -0.25) is 4.79 Å². The molecule has 1 saturated carbocycles. The molecule has 4 atom stereocenters. The van der Waals surface area contributed by atoms with E-state index in [1.807, 2.05) is 0 Å². The molecule has 1 heterocycles. The first-order chi connectivity index (χ1) is 12.6. The molecule has 26 heavy (non-hydrogen) atoms. The van der Waals surface area contributed by atoms with Crippen molar-refractivity contribution in [3.8, 4) is 0 Å². The lowest BCUT2D eigenvalue weighted by molar-refractivity contribution is -0.119. The molecule has 4 aliphatic rings. The number of nitrogens with zero attached hydrogens (tertiary/aromatic N) is 1. The summed E-state index contributed by atoms with van der Waals surface area (Å²) in [6.45, 7) is 5.34. The lowest BCUT2D eigenvalue weighted by Gasteiger charge is -2.41. The molecule has 138 valence electrons. The molecular formula is C23H30N2O. The molecule has 1 amide bonds. The normalized spacial score (nSPS) is 34.3. The average Bonchev–Trinajstić information content (AvgIpc) is 3.32. The first-order valence-corrected chi connectivity index (χ1v) is 10.4. The Bertz CT molecular complexity index is 731. The third-order valence-corrected chi connectivity index (χ3v) is 7.60. The molecule has 2 fully saturated rings. The molecular weight excluding hydrogens is 320 g/mol. The monoisotopic (exact) mass is 350 g/mol. The number of carbonyl (C=O) groups is 1. The highest BCUT2D eigenvalue weighted by molar-refractivity contribution is 5.73. The highest BCUT2D eigenvalue weighted by atomic mass is 16.1. The van der Waals surface area contributed by atoms with Crippen LogP contribution in [-0.4, -0.2) is 30.4 Å². The van der Waals surface area contributed by atoms with Crippen molar-refractivity contribution in [1.29, 1.82) is 0 Å². The van der Waals surface area contributed by atoms with E-state index >= 15 is 0 Å². The fourth-order valence-corrected chi connectivity index (χ4v) is 6.34. The number of nitrogens with one attached hydrogen (secondary N) is 1. The van der Waals surface area contributed by atoms with Gasteiger partial charge < -0.3 is 10.2 Å². The van der Waals surface area contributed by atoms with Crippen molar-refractivity contribution in [2.24, 2.45) is 17.8 Å². The van der Waals surface area contributed by atoms with E-state index in [4.69, 9.17) is 0 Å². The summed E-state index contributed by atoms with van der Waals surface area (Å²) in [5.41, 5.74) is 3.13. The fourth-order valence-electron chi connectivity index (χ4n) is 6.34. The van der Waals surface area contributed by atoms with E-state index in [9.17, 15) is 4.79 Å². The maximum absolute atomic E-state index is 11.7. The van der Waals surface area contributed by atoms with Crippen molar-refractivity contribution in [3.63, 3.8) is 0 Å². The summed E-state index contributed by atoms with van der Waals surface area (Å²) in [5, 5.41) is 3.20. The minimum atomic E-state index is 0.0867. The molecule has 1 aliphatic heterocycles. The van der Waals surface area contributed by atoms with Crippen LogP contribution in [0.1, 0.15) is 56.2 Å². The molecule has 0 aromatic heterocycles. The van der Waals surface area contributed by atoms with E-state index in [0.717, 1.165) is 24.2 Å². The number of fused-ring (bicyclic) bond motifs is 4. The molecule has 0 radical (unpaired) electrons. The van der Waals surface area contributed by atoms with Gasteiger partial charge in [-0.25, -0.2) is 0 Å². The van der Waals surface area contributed by atoms with Gasteiger partial charge in [-0.05, 0) is 74.1 Å². The predicted octanol–water partition coefficient (Wildman–Crippen LogP) is 3.81. The summed E-state index contributed by atoms with van der Waals surface area (Å²) in [7, 11) is 0. The van der Waals surface area contributed by atoms with Crippen LogP contribution in [0.4, 0.5) is 0 Å². The van der Waals surface area contributed by atoms with Crippen LogP contribution in [-0.2, 0) is 10.2 Å². The standard InChI is InChI=1S/C23H30N2O/c1-16(26)24-22-14-23(21-5-3-2-4-20(21)22)8-10-25(11-9-23)15-19-13-17-6-7-18(19)12-17/h2-7,17-19,22H,8-15H2,1H3,(H,24,26)/t17-,18-,19-,22-/m0/s1. The summed E-state index contributed by atoms with van der Waals surface area (Å²) >= 11 is 0. The maximum Gasteiger partial charge on any atom is 0.217 e. The van der Waals surface area contributed by atoms with Gasteiger partial charge in [-0.2, -0.15) is 0 Å². The van der Waals surface area contributed by atoms with Crippen LogP contribution in [0.3, 0.4) is 0 Å². The molecule has 3 aliphatic carbocycles. The largest absolute Gasteiger partial charge is 0.349 e. The lowest BCUT2D eigenvalue weighted by Crippen LogP contribution is -2.44. The molecule has 5 rings (SSSR count). The Kier molecular flexibility index (Phi) is 3.97. The van der Waals surface area contributed by atoms with Crippen LogP contribution in [0.15, 0.2) is 36.4 Å². The van der Waals surface area contributed by atoms with E-state index in [-0.39, 0.29) is 17.4 Å². The minimum absolute atomic E-state index is 0.0867. The highest BCUT2D eigenvalue weighted by Gasteiger charge is 2.46.